The lowest BCUT2D eigenvalue weighted by molar-refractivity contribution is 0.0661. The van der Waals surface area contributed by atoms with Gasteiger partial charge in [0.2, 0.25) is 0 Å². The van der Waals surface area contributed by atoms with Crippen LogP contribution < -0.4 is 10.1 Å². The number of phenolic OH excluding ortho intramolecular Hbond substituents is 2. The number of likely N-dealkylation sites (N-methyl/N-ethyl adjacent to an activating group) is 1. The monoisotopic (exact) mass is 586 g/mol. The summed E-state index contributed by atoms with van der Waals surface area (Å²) < 4.78 is 11.5. The molecular weight excluding hydrogens is 548 g/mol. The highest BCUT2D eigenvalue weighted by Crippen LogP contribution is 2.37. The first kappa shape index (κ1) is 28.8. The van der Waals surface area contributed by atoms with Crippen LogP contribution in [-0.2, 0) is 24.3 Å². The van der Waals surface area contributed by atoms with E-state index >= 15 is 0 Å². The van der Waals surface area contributed by atoms with Gasteiger partial charge in [-0.05, 0) is 48.7 Å². The van der Waals surface area contributed by atoms with E-state index in [-0.39, 0.29) is 47.3 Å². The molecule has 10 heteroatoms. The van der Waals surface area contributed by atoms with E-state index in [1.165, 1.54) is 6.07 Å². The molecule has 0 saturated carbocycles. The van der Waals surface area contributed by atoms with Crippen LogP contribution in [0.5, 0.6) is 17.2 Å². The number of nitrogens with one attached hydrogen (secondary N) is 1. The zero-order valence-electron chi connectivity index (χ0n) is 24.4. The third-order valence-electron chi connectivity index (χ3n) is 8.47. The van der Waals surface area contributed by atoms with Crippen molar-refractivity contribution in [2.75, 3.05) is 58.3 Å². The molecule has 3 aliphatic heterocycles. The summed E-state index contributed by atoms with van der Waals surface area (Å²) >= 11 is 0. The first-order valence-electron chi connectivity index (χ1n) is 14.9. The number of ether oxygens (including phenoxy) is 2. The van der Waals surface area contributed by atoms with Gasteiger partial charge in [-0.1, -0.05) is 30.3 Å². The van der Waals surface area contributed by atoms with E-state index in [1.54, 1.807) is 4.90 Å². The average molecular weight is 587 g/mol. The molecule has 2 saturated heterocycles. The summed E-state index contributed by atoms with van der Waals surface area (Å²) in [5.74, 6) is -0.780. The molecule has 3 N–H and O–H groups in total. The highest BCUT2D eigenvalue weighted by Gasteiger charge is 2.31. The van der Waals surface area contributed by atoms with Crippen LogP contribution in [0.15, 0.2) is 54.6 Å². The maximum absolute atomic E-state index is 13.9. The Bertz CT molecular complexity index is 1480. The van der Waals surface area contributed by atoms with Gasteiger partial charge in [-0.2, -0.15) is 0 Å². The molecule has 2 amide bonds. The first-order chi connectivity index (χ1) is 20.9. The largest absolute Gasteiger partial charge is 0.508 e. The van der Waals surface area contributed by atoms with Crippen molar-refractivity contribution in [3.63, 3.8) is 0 Å². The van der Waals surface area contributed by atoms with Gasteiger partial charge in [-0.3, -0.25) is 9.59 Å². The minimum atomic E-state index is -0.390. The number of fused-ring (bicyclic) bond motifs is 1. The number of hydrogen-bond acceptors (Lipinski definition) is 8. The second-order valence-electron chi connectivity index (χ2n) is 11.6. The van der Waals surface area contributed by atoms with Gasteiger partial charge < -0.3 is 39.7 Å². The van der Waals surface area contributed by atoms with Crippen LogP contribution in [-0.4, -0.2) is 95.8 Å². The van der Waals surface area contributed by atoms with Crippen molar-refractivity contribution in [1.29, 1.82) is 0 Å². The van der Waals surface area contributed by atoms with Gasteiger partial charge in [0, 0.05) is 69.3 Å². The first-order valence-corrected chi connectivity index (χ1v) is 14.9. The van der Waals surface area contributed by atoms with Crippen LogP contribution in [0.25, 0.3) is 0 Å². The van der Waals surface area contributed by atoms with Crippen molar-refractivity contribution in [2.45, 2.75) is 32.0 Å². The normalized spacial score (nSPS) is 18.8. The second kappa shape index (κ2) is 12.5. The molecule has 43 heavy (non-hydrogen) atoms. The molecule has 3 aromatic rings. The number of nitrogens with zero attached hydrogens (tertiary/aromatic N) is 3. The van der Waals surface area contributed by atoms with Crippen molar-refractivity contribution in [1.82, 2.24) is 14.7 Å². The summed E-state index contributed by atoms with van der Waals surface area (Å²) in [5.41, 5.74) is 4.37. The third kappa shape index (κ3) is 6.40. The van der Waals surface area contributed by atoms with Crippen LogP contribution in [0, 0.1) is 0 Å². The number of amides is 2. The quantitative estimate of drug-likeness (QED) is 0.386. The third-order valence-corrected chi connectivity index (χ3v) is 8.47. The Kier molecular flexibility index (Phi) is 8.40. The molecule has 0 aliphatic carbocycles. The van der Waals surface area contributed by atoms with Gasteiger partial charge in [0.15, 0.2) is 0 Å². The highest BCUT2D eigenvalue weighted by atomic mass is 16.5. The molecule has 226 valence electrons. The predicted octanol–water partition coefficient (Wildman–Crippen LogP) is 3.46. The van der Waals surface area contributed by atoms with Gasteiger partial charge >= 0.3 is 0 Å². The van der Waals surface area contributed by atoms with Crippen molar-refractivity contribution in [2.24, 2.45) is 0 Å². The fourth-order valence-corrected chi connectivity index (χ4v) is 5.96. The predicted molar refractivity (Wildman–Crippen MR) is 162 cm³/mol. The number of piperazine rings is 1. The van der Waals surface area contributed by atoms with E-state index in [0.29, 0.717) is 51.4 Å². The van der Waals surface area contributed by atoms with Crippen LogP contribution in [0.1, 0.15) is 43.8 Å². The zero-order valence-corrected chi connectivity index (χ0v) is 24.4. The van der Waals surface area contributed by atoms with Gasteiger partial charge in [-0.15, -0.1) is 0 Å². The highest BCUT2D eigenvalue weighted by molar-refractivity contribution is 6.00. The number of hydrogen-bond donors (Lipinski definition) is 3. The summed E-state index contributed by atoms with van der Waals surface area (Å²) in [4.78, 5) is 33.3. The Balaban J connectivity index is 1.27. The minimum absolute atomic E-state index is 0.0118. The van der Waals surface area contributed by atoms with E-state index in [2.05, 4.69) is 17.3 Å². The van der Waals surface area contributed by atoms with Crippen molar-refractivity contribution >= 4 is 17.5 Å². The van der Waals surface area contributed by atoms with Crippen LogP contribution in [0.2, 0.25) is 0 Å². The Hall–Kier alpha value is -4.28. The number of anilines is 1. The van der Waals surface area contributed by atoms with Crippen LogP contribution >= 0.6 is 0 Å². The summed E-state index contributed by atoms with van der Waals surface area (Å²) in [6.45, 7) is 5.21. The lowest BCUT2D eigenvalue weighted by atomic mass is 9.93. The fourth-order valence-electron chi connectivity index (χ4n) is 5.96. The van der Waals surface area contributed by atoms with Gasteiger partial charge in [-0.25, -0.2) is 0 Å². The van der Waals surface area contributed by atoms with E-state index in [0.717, 1.165) is 48.0 Å². The number of rotatable bonds is 7. The zero-order chi connectivity index (χ0) is 29.9. The standard InChI is InChI=1S/C33H38N4O6/c1-35-10-12-36(13-11-35)32(40)24-15-23-7-9-37(19-27(23)28(16-24)34-25-8-14-42-21-25)33(41)31-29(39)17-26(38)18-30(31)43-20-22-5-3-2-4-6-22/h2-6,15-18,25,34,38-39H,7-14,19-21H2,1H3/t25-/m0/s1. The maximum atomic E-state index is 13.9. The molecular formula is C33H38N4O6. The van der Waals surface area contributed by atoms with Crippen molar-refractivity contribution < 1.29 is 29.3 Å². The number of carbonyl (C=O) groups is 2. The molecule has 0 spiro atoms. The molecule has 3 heterocycles. The number of aromatic hydroxyl groups is 2. The van der Waals surface area contributed by atoms with Crippen LogP contribution in [0.4, 0.5) is 5.69 Å². The topological polar surface area (TPSA) is 115 Å². The Morgan fingerprint density at radius 2 is 1.77 bits per heavy atom. The molecule has 2 fully saturated rings. The van der Waals surface area contributed by atoms with Crippen LogP contribution in [0.3, 0.4) is 0 Å². The van der Waals surface area contributed by atoms with E-state index in [9.17, 15) is 19.8 Å². The second-order valence-corrected chi connectivity index (χ2v) is 11.6. The lowest BCUT2D eigenvalue weighted by Crippen LogP contribution is -2.47. The number of phenols is 2. The van der Waals surface area contributed by atoms with E-state index < -0.39 is 0 Å². The SMILES string of the molecule is CN1CCN(C(=O)c2cc3c(c(N[C@H]4CCOC4)c2)CN(C(=O)c2c(O)cc(O)cc2OCc2ccccc2)CC3)CC1. The average Bonchev–Trinajstić information content (AvgIpc) is 3.53. The smallest absolute Gasteiger partial charge is 0.261 e. The van der Waals surface area contributed by atoms with Gasteiger partial charge in [0.25, 0.3) is 11.8 Å². The molecule has 0 aromatic heterocycles. The van der Waals surface area contributed by atoms with E-state index in [4.69, 9.17) is 9.47 Å². The molecule has 10 nitrogen and oxygen atoms in total. The van der Waals surface area contributed by atoms with Crippen molar-refractivity contribution in [3.05, 3.63) is 82.4 Å². The number of benzene rings is 3. The lowest BCUT2D eigenvalue weighted by Gasteiger charge is -2.34. The summed E-state index contributed by atoms with van der Waals surface area (Å²) in [5, 5.41) is 24.6. The molecule has 0 bridgehead atoms. The van der Waals surface area contributed by atoms with Crippen molar-refractivity contribution in [3.8, 4) is 17.2 Å². The fraction of sp³-hybridized carbons (Fsp3) is 0.394. The Labute approximate surface area is 251 Å². The van der Waals surface area contributed by atoms with Gasteiger partial charge in [0.1, 0.15) is 29.4 Å². The molecule has 0 unspecified atom stereocenters. The van der Waals surface area contributed by atoms with E-state index in [1.807, 2.05) is 47.4 Å². The Morgan fingerprint density at radius 3 is 2.51 bits per heavy atom. The molecule has 1 atom stereocenters. The molecule has 0 radical (unpaired) electrons. The number of carbonyl (C=O) groups excluding carboxylic acids is 2. The Morgan fingerprint density at radius 1 is 0.977 bits per heavy atom. The minimum Gasteiger partial charge on any atom is -0.508 e. The van der Waals surface area contributed by atoms with Gasteiger partial charge in [0.05, 0.1) is 12.6 Å². The summed E-state index contributed by atoms with van der Waals surface area (Å²) in [6.07, 6.45) is 1.41. The maximum Gasteiger partial charge on any atom is 0.261 e. The molecule has 6 rings (SSSR count). The molecule has 3 aliphatic rings. The summed E-state index contributed by atoms with van der Waals surface area (Å²) in [7, 11) is 2.07. The molecule has 3 aromatic carbocycles. The summed E-state index contributed by atoms with van der Waals surface area (Å²) in [6, 6.07) is 16.0.